The molecular formula is C12H10Cl2N2O. The fourth-order valence-corrected chi connectivity index (χ4v) is 2.44. The zero-order valence-electron chi connectivity index (χ0n) is 9.13. The fourth-order valence-electron chi connectivity index (χ4n) is 1.84. The third kappa shape index (κ3) is 2.51. The molecule has 2 aromatic rings. The van der Waals surface area contributed by atoms with E-state index in [1.165, 1.54) is 0 Å². The van der Waals surface area contributed by atoms with E-state index < -0.39 is 5.91 Å². The van der Waals surface area contributed by atoms with Crippen LogP contribution in [0.3, 0.4) is 0 Å². The van der Waals surface area contributed by atoms with Gasteiger partial charge in [0.1, 0.15) is 0 Å². The highest BCUT2D eigenvalue weighted by atomic mass is 35.5. The second kappa shape index (κ2) is 4.51. The zero-order chi connectivity index (χ0) is 12.6. The first-order valence-electron chi connectivity index (χ1n) is 5.01. The molecule has 3 nitrogen and oxygen atoms in total. The number of carbonyl (C=O) groups excluding carboxylic acids is 1. The maximum absolute atomic E-state index is 11.0. The van der Waals surface area contributed by atoms with Gasteiger partial charge in [-0.2, -0.15) is 0 Å². The second-order valence-electron chi connectivity index (χ2n) is 3.85. The summed E-state index contributed by atoms with van der Waals surface area (Å²) in [6.07, 6.45) is 0.140. The Morgan fingerprint density at radius 3 is 2.71 bits per heavy atom. The van der Waals surface area contributed by atoms with Crippen LogP contribution in [0, 0.1) is 6.92 Å². The number of carbonyl (C=O) groups is 1. The number of fused-ring (bicyclic) bond motifs is 1. The molecule has 0 aliphatic carbocycles. The van der Waals surface area contributed by atoms with Gasteiger partial charge in [0, 0.05) is 16.1 Å². The summed E-state index contributed by atoms with van der Waals surface area (Å²) >= 11 is 12.0. The molecular weight excluding hydrogens is 259 g/mol. The summed E-state index contributed by atoms with van der Waals surface area (Å²) in [5, 5.41) is 1.74. The SMILES string of the molecule is Cc1cc(CC(N)=O)c2c(Cl)cc(Cl)cc2n1. The number of aromatic nitrogens is 1. The topological polar surface area (TPSA) is 56.0 Å². The van der Waals surface area contributed by atoms with E-state index in [0.29, 0.717) is 15.6 Å². The van der Waals surface area contributed by atoms with Crippen molar-refractivity contribution in [1.29, 1.82) is 0 Å². The molecule has 2 rings (SSSR count). The average molecular weight is 269 g/mol. The largest absolute Gasteiger partial charge is 0.369 e. The van der Waals surface area contributed by atoms with Crippen molar-refractivity contribution in [2.75, 3.05) is 0 Å². The van der Waals surface area contributed by atoms with Crippen molar-refractivity contribution in [2.24, 2.45) is 5.73 Å². The summed E-state index contributed by atoms with van der Waals surface area (Å²) in [5.41, 5.74) is 7.47. The van der Waals surface area contributed by atoms with Crippen molar-refractivity contribution in [3.63, 3.8) is 0 Å². The lowest BCUT2D eigenvalue weighted by Crippen LogP contribution is -2.14. The molecule has 0 atom stereocenters. The quantitative estimate of drug-likeness (QED) is 0.911. The monoisotopic (exact) mass is 268 g/mol. The smallest absolute Gasteiger partial charge is 0.221 e. The average Bonchev–Trinajstić information content (AvgIpc) is 2.13. The summed E-state index contributed by atoms with van der Waals surface area (Å²) < 4.78 is 0. The fraction of sp³-hybridized carbons (Fsp3) is 0.167. The number of benzene rings is 1. The van der Waals surface area contributed by atoms with Crippen LogP contribution < -0.4 is 5.73 Å². The van der Waals surface area contributed by atoms with Crippen LogP contribution >= 0.6 is 23.2 Å². The second-order valence-corrected chi connectivity index (χ2v) is 4.69. The normalized spacial score (nSPS) is 10.8. The van der Waals surface area contributed by atoms with Crippen molar-refractivity contribution in [2.45, 2.75) is 13.3 Å². The minimum Gasteiger partial charge on any atom is -0.369 e. The molecule has 0 fully saturated rings. The van der Waals surface area contributed by atoms with Crippen molar-refractivity contribution >= 4 is 40.0 Å². The molecule has 0 bridgehead atoms. The molecule has 0 saturated carbocycles. The Bertz CT molecular complexity index is 606. The molecule has 1 aromatic carbocycles. The number of amides is 1. The van der Waals surface area contributed by atoms with E-state index in [0.717, 1.165) is 16.6 Å². The minimum absolute atomic E-state index is 0.140. The van der Waals surface area contributed by atoms with Gasteiger partial charge in [-0.1, -0.05) is 23.2 Å². The number of nitrogens with zero attached hydrogens (tertiary/aromatic N) is 1. The van der Waals surface area contributed by atoms with E-state index in [-0.39, 0.29) is 6.42 Å². The van der Waals surface area contributed by atoms with Crippen LogP contribution in [0.25, 0.3) is 10.9 Å². The van der Waals surface area contributed by atoms with Crippen molar-refractivity contribution < 1.29 is 4.79 Å². The molecule has 0 radical (unpaired) electrons. The summed E-state index contributed by atoms with van der Waals surface area (Å²) in [4.78, 5) is 15.4. The number of halogens is 2. The Morgan fingerprint density at radius 1 is 1.35 bits per heavy atom. The lowest BCUT2D eigenvalue weighted by atomic mass is 10.0. The van der Waals surface area contributed by atoms with Crippen LogP contribution in [0.4, 0.5) is 0 Å². The molecule has 0 spiro atoms. The third-order valence-electron chi connectivity index (χ3n) is 2.40. The van der Waals surface area contributed by atoms with E-state index in [2.05, 4.69) is 4.98 Å². The Morgan fingerprint density at radius 2 is 2.06 bits per heavy atom. The van der Waals surface area contributed by atoms with Gasteiger partial charge in [0.2, 0.25) is 5.91 Å². The number of pyridine rings is 1. The predicted molar refractivity (Wildman–Crippen MR) is 69.4 cm³/mol. The Kier molecular flexibility index (Phi) is 3.22. The third-order valence-corrected chi connectivity index (χ3v) is 2.92. The van der Waals surface area contributed by atoms with E-state index in [1.807, 2.05) is 13.0 Å². The number of aryl methyl sites for hydroxylation is 1. The van der Waals surface area contributed by atoms with Crippen LogP contribution in [-0.4, -0.2) is 10.9 Å². The first-order valence-corrected chi connectivity index (χ1v) is 5.76. The lowest BCUT2D eigenvalue weighted by Gasteiger charge is -2.08. The number of hydrogen-bond donors (Lipinski definition) is 1. The van der Waals surface area contributed by atoms with Gasteiger partial charge in [-0.25, -0.2) is 0 Å². The van der Waals surface area contributed by atoms with Gasteiger partial charge in [0.05, 0.1) is 17.0 Å². The molecule has 1 amide bonds. The molecule has 1 aromatic heterocycles. The molecule has 1 heterocycles. The van der Waals surface area contributed by atoms with Gasteiger partial charge in [-0.05, 0) is 30.7 Å². The molecule has 0 unspecified atom stereocenters. The van der Waals surface area contributed by atoms with Crippen LogP contribution in [0.15, 0.2) is 18.2 Å². The number of nitrogens with two attached hydrogens (primary N) is 1. The van der Waals surface area contributed by atoms with E-state index >= 15 is 0 Å². The van der Waals surface area contributed by atoms with Crippen LogP contribution in [0.1, 0.15) is 11.3 Å². The number of primary amides is 1. The van der Waals surface area contributed by atoms with Gasteiger partial charge in [0.15, 0.2) is 0 Å². The predicted octanol–water partition coefficient (Wildman–Crippen LogP) is 2.88. The van der Waals surface area contributed by atoms with E-state index in [1.54, 1.807) is 12.1 Å². The summed E-state index contributed by atoms with van der Waals surface area (Å²) in [6.45, 7) is 1.85. The maximum atomic E-state index is 11.0. The first-order chi connectivity index (χ1) is 7.97. The summed E-state index contributed by atoms with van der Waals surface area (Å²) in [6, 6.07) is 5.17. The standard InChI is InChI=1S/C12H10Cl2N2O/c1-6-2-7(3-11(15)17)12-9(14)4-8(13)5-10(12)16-6/h2,4-5H,3H2,1H3,(H2,15,17). The minimum atomic E-state index is -0.400. The number of hydrogen-bond acceptors (Lipinski definition) is 2. The van der Waals surface area contributed by atoms with Gasteiger partial charge in [0.25, 0.3) is 0 Å². The first kappa shape index (κ1) is 12.1. The molecule has 5 heteroatoms. The van der Waals surface area contributed by atoms with Gasteiger partial charge in [-0.15, -0.1) is 0 Å². The number of rotatable bonds is 2. The van der Waals surface area contributed by atoms with E-state index in [4.69, 9.17) is 28.9 Å². The Balaban J connectivity index is 2.77. The van der Waals surface area contributed by atoms with Gasteiger partial charge < -0.3 is 5.73 Å². The van der Waals surface area contributed by atoms with Crippen LogP contribution in [-0.2, 0) is 11.2 Å². The molecule has 0 aliphatic heterocycles. The highest BCUT2D eigenvalue weighted by Gasteiger charge is 2.11. The highest BCUT2D eigenvalue weighted by molar-refractivity contribution is 6.38. The molecule has 88 valence electrons. The van der Waals surface area contributed by atoms with E-state index in [9.17, 15) is 4.79 Å². The Labute approximate surface area is 109 Å². The Hall–Kier alpha value is -1.32. The molecule has 0 aliphatic rings. The zero-order valence-corrected chi connectivity index (χ0v) is 10.6. The van der Waals surface area contributed by atoms with Crippen LogP contribution in [0.2, 0.25) is 10.0 Å². The lowest BCUT2D eigenvalue weighted by molar-refractivity contribution is -0.117. The molecule has 17 heavy (non-hydrogen) atoms. The van der Waals surface area contributed by atoms with Gasteiger partial charge >= 0.3 is 0 Å². The van der Waals surface area contributed by atoms with Crippen molar-refractivity contribution in [1.82, 2.24) is 4.98 Å². The summed E-state index contributed by atoms with van der Waals surface area (Å²) in [5.74, 6) is -0.400. The van der Waals surface area contributed by atoms with Crippen molar-refractivity contribution in [3.05, 3.63) is 39.5 Å². The van der Waals surface area contributed by atoms with Gasteiger partial charge in [-0.3, -0.25) is 9.78 Å². The molecule has 2 N–H and O–H groups in total. The maximum Gasteiger partial charge on any atom is 0.221 e. The highest BCUT2D eigenvalue weighted by Crippen LogP contribution is 2.30. The van der Waals surface area contributed by atoms with Crippen LogP contribution in [0.5, 0.6) is 0 Å². The summed E-state index contributed by atoms with van der Waals surface area (Å²) in [7, 11) is 0. The van der Waals surface area contributed by atoms with Crippen molar-refractivity contribution in [3.8, 4) is 0 Å². The molecule has 0 saturated heterocycles.